The van der Waals surface area contributed by atoms with Gasteiger partial charge in [-0.25, -0.2) is 4.98 Å². The lowest BCUT2D eigenvalue weighted by atomic mass is 10.2. The highest BCUT2D eigenvalue weighted by molar-refractivity contribution is 5.77. The summed E-state index contributed by atoms with van der Waals surface area (Å²) in [5.74, 6) is 0. The Bertz CT molecular complexity index is 572. The second-order valence-corrected chi connectivity index (χ2v) is 4.20. The lowest BCUT2D eigenvalue weighted by molar-refractivity contribution is 0.570. The number of benzene rings is 1. The fraction of sp³-hybridized carbons (Fsp3) is 0.333. The Kier molecular flexibility index (Phi) is 2.75. The van der Waals surface area contributed by atoms with Gasteiger partial charge in [0.2, 0.25) is 0 Å². The second-order valence-electron chi connectivity index (χ2n) is 4.20. The van der Waals surface area contributed by atoms with Crippen molar-refractivity contribution in [2.75, 3.05) is 0 Å². The third-order valence-electron chi connectivity index (χ3n) is 2.47. The zero-order valence-electron chi connectivity index (χ0n) is 9.47. The molecule has 4 heteroatoms. The maximum atomic E-state index is 12.0. The minimum atomic E-state index is -0.0533. The number of hydrogen-bond acceptors (Lipinski definition) is 3. The van der Waals surface area contributed by atoms with E-state index in [0.717, 1.165) is 11.1 Å². The summed E-state index contributed by atoms with van der Waals surface area (Å²) in [6.07, 6.45) is 1.56. The Balaban J connectivity index is 2.61. The molecule has 1 atom stereocenters. The monoisotopic (exact) mass is 217 g/mol. The summed E-state index contributed by atoms with van der Waals surface area (Å²) in [6, 6.07) is 5.59. The average Bonchev–Trinajstić information content (AvgIpc) is 2.22. The lowest BCUT2D eigenvalue weighted by Gasteiger charge is -2.09. The smallest absolute Gasteiger partial charge is 0.261 e. The molecule has 1 aromatic heterocycles. The quantitative estimate of drug-likeness (QED) is 0.818. The summed E-state index contributed by atoms with van der Waals surface area (Å²) < 4.78 is 1.56. The van der Waals surface area contributed by atoms with Crippen LogP contribution in [0.3, 0.4) is 0 Å². The fourth-order valence-corrected chi connectivity index (χ4v) is 1.71. The van der Waals surface area contributed by atoms with Crippen LogP contribution in [0.2, 0.25) is 0 Å². The van der Waals surface area contributed by atoms with Crippen LogP contribution < -0.4 is 11.3 Å². The molecule has 1 aromatic carbocycles. The highest BCUT2D eigenvalue weighted by atomic mass is 16.1. The molecular weight excluding hydrogens is 202 g/mol. The second kappa shape index (κ2) is 4.06. The first-order valence-corrected chi connectivity index (χ1v) is 5.29. The zero-order chi connectivity index (χ0) is 11.7. The zero-order valence-corrected chi connectivity index (χ0v) is 9.47. The third-order valence-corrected chi connectivity index (χ3v) is 2.47. The van der Waals surface area contributed by atoms with Gasteiger partial charge >= 0.3 is 0 Å². The van der Waals surface area contributed by atoms with Gasteiger partial charge in [0.25, 0.3) is 5.56 Å². The Morgan fingerprint density at radius 2 is 2.25 bits per heavy atom. The molecule has 0 aliphatic rings. The summed E-state index contributed by atoms with van der Waals surface area (Å²) in [5.41, 5.74) is 7.49. The summed E-state index contributed by atoms with van der Waals surface area (Å²) in [4.78, 5) is 16.3. The standard InChI is InChI=1S/C12H15N3O/c1-8-3-4-10-11(5-8)14-7-15(12(10)16)6-9(2)13/h3-5,7,9H,6,13H2,1-2H3. The third kappa shape index (κ3) is 1.97. The molecule has 0 saturated heterocycles. The summed E-state index contributed by atoms with van der Waals surface area (Å²) in [6.45, 7) is 4.34. The molecule has 2 N–H and O–H groups in total. The molecule has 1 heterocycles. The van der Waals surface area contributed by atoms with Gasteiger partial charge in [0, 0.05) is 12.6 Å². The van der Waals surface area contributed by atoms with E-state index in [9.17, 15) is 4.79 Å². The number of hydrogen-bond donors (Lipinski definition) is 1. The lowest BCUT2D eigenvalue weighted by Crippen LogP contribution is -2.30. The maximum absolute atomic E-state index is 12.0. The van der Waals surface area contributed by atoms with Crippen LogP contribution in [0.5, 0.6) is 0 Å². The predicted molar refractivity (Wildman–Crippen MR) is 64.4 cm³/mol. The SMILES string of the molecule is Cc1ccc2c(=O)n(CC(C)N)cnc2c1. The van der Waals surface area contributed by atoms with E-state index in [4.69, 9.17) is 5.73 Å². The van der Waals surface area contributed by atoms with Crippen LogP contribution >= 0.6 is 0 Å². The van der Waals surface area contributed by atoms with Crippen LogP contribution in [-0.4, -0.2) is 15.6 Å². The van der Waals surface area contributed by atoms with Crippen molar-refractivity contribution in [2.45, 2.75) is 26.4 Å². The molecule has 0 radical (unpaired) electrons. The molecule has 2 rings (SSSR count). The number of nitrogens with zero attached hydrogens (tertiary/aromatic N) is 2. The first kappa shape index (κ1) is 10.8. The molecule has 0 bridgehead atoms. The molecule has 4 nitrogen and oxygen atoms in total. The highest BCUT2D eigenvalue weighted by Crippen LogP contribution is 2.08. The van der Waals surface area contributed by atoms with Gasteiger partial charge in [-0.15, -0.1) is 0 Å². The van der Waals surface area contributed by atoms with Crippen LogP contribution in [0, 0.1) is 6.92 Å². The molecule has 0 spiro atoms. The van der Waals surface area contributed by atoms with Crippen molar-refractivity contribution in [2.24, 2.45) is 5.73 Å². The van der Waals surface area contributed by atoms with E-state index >= 15 is 0 Å². The number of fused-ring (bicyclic) bond motifs is 1. The van der Waals surface area contributed by atoms with Crippen molar-refractivity contribution in [1.82, 2.24) is 9.55 Å². The molecule has 0 aliphatic heterocycles. The van der Waals surface area contributed by atoms with E-state index in [0.29, 0.717) is 11.9 Å². The van der Waals surface area contributed by atoms with Gasteiger partial charge in [-0.1, -0.05) is 6.07 Å². The van der Waals surface area contributed by atoms with Crippen molar-refractivity contribution in [3.05, 3.63) is 40.4 Å². The van der Waals surface area contributed by atoms with Gasteiger partial charge < -0.3 is 5.73 Å². The molecule has 0 aliphatic carbocycles. The van der Waals surface area contributed by atoms with Crippen molar-refractivity contribution >= 4 is 10.9 Å². The van der Waals surface area contributed by atoms with Gasteiger partial charge in [-0.2, -0.15) is 0 Å². The van der Waals surface area contributed by atoms with E-state index in [-0.39, 0.29) is 11.6 Å². The van der Waals surface area contributed by atoms with Gasteiger partial charge in [-0.3, -0.25) is 9.36 Å². The molecule has 1 unspecified atom stereocenters. The molecule has 84 valence electrons. The molecule has 0 fully saturated rings. The Morgan fingerprint density at radius 3 is 2.94 bits per heavy atom. The van der Waals surface area contributed by atoms with E-state index in [2.05, 4.69) is 4.98 Å². The minimum Gasteiger partial charge on any atom is -0.326 e. The largest absolute Gasteiger partial charge is 0.326 e. The predicted octanol–water partition coefficient (Wildman–Crippen LogP) is 1.05. The Morgan fingerprint density at radius 1 is 1.50 bits per heavy atom. The van der Waals surface area contributed by atoms with E-state index in [1.165, 1.54) is 0 Å². The van der Waals surface area contributed by atoms with Crippen LogP contribution in [0.4, 0.5) is 0 Å². The molecular formula is C12H15N3O. The fourth-order valence-electron chi connectivity index (χ4n) is 1.71. The van der Waals surface area contributed by atoms with Crippen molar-refractivity contribution in [3.63, 3.8) is 0 Å². The van der Waals surface area contributed by atoms with E-state index < -0.39 is 0 Å². The van der Waals surface area contributed by atoms with Crippen molar-refractivity contribution < 1.29 is 0 Å². The van der Waals surface area contributed by atoms with Gasteiger partial charge in [0.05, 0.1) is 17.2 Å². The van der Waals surface area contributed by atoms with Crippen LogP contribution in [0.25, 0.3) is 10.9 Å². The normalized spacial score (nSPS) is 12.9. The first-order chi connectivity index (χ1) is 7.58. The first-order valence-electron chi connectivity index (χ1n) is 5.29. The summed E-state index contributed by atoms with van der Waals surface area (Å²) >= 11 is 0. The number of rotatable bonds is 2. The van der Waals surface area contributed by atoms with Crippen LogP contribution in [0.1, 0.15) is 12.5 Å². The van der Waals surface area contributed by atoms with Crippen LogP contribution in [-0.2, 0) is 6.54 Å². The van der Waals surface area contributed by atoms with Gasteiger partial charge in [0.15, 0.2) is 0 Å². The van der Waals surface area contributed by atoms with Crippen LogP contribution in [0.15, 0.2) is 29.3 Å². The van der Waals surface area contributed by atoms with Crippen molar-refractivity contribution in [3.8, 4) is 0 Å². The summed E-state index contributed by atoms with van der Waals surface area (Å²) in [5, 5.41) is 0.647. The highest BCUT2D eigenvalue weighted by Gasteiger charge is 2.05. The molecule has 16 heavy (non-hydrogen) atoms. The summed E-state index contributed by atoms with van der Waals surface area (Å²) in [7, 11) is 0. The molecule has 2 aromatic rings. The average molecular weight is 217 g/mol. The Labute approximate surface area is 93.7 Å². The van der Waals surface area contributed by atoms with Gasteiger partial charge in [-0.05, 0) is 31.5 Å². The Hall–Kier alpha value is -1.68. The molecule has 0 saturated carbocycles. The van der Waals surface area contributed by atoms with Crippen molar-refractivity contribution in [1.29, 1.82) is 0 Å². The molecule has 0 amide bonds. The van der Waals surface area contributed by atoms with E-state index in [1.807, 2.05) is 32.0 Å². The topological polar surface area (TPSA) is 60.9 Å². The van der Waals surface area contributed by atoms with E-state index in [1.54, 1.807) is 10.9 Å². The maximum Gasteiger partial charge on any atom is 0.261 e. The number of nitrogens with two attached hydrogens (primary N) is 1. The minimum absolute atomic E-state index is 0.0256. The number of aromatic nitrogens is 2. The number of aryl methyl sites for hydroxylation is 1. The van der Waals surface area contributed by atoms with Gasteiger partial charge in [0.1, 0.15) is 0 Å².